The lowest BCUT2D eigenvalue weighted by Crippen LogP contribution is -2.20. The summed E-state index contributed by atoms with van der Waals surface area (Å²) in [4.78, 5) is 11.1. The van der Waals surface area contributed by atoms with Gasteiger partial charge in [0.25, 0.3) is 0 Å². The number of carbonyl (C=O) groups is 1. The molecule has 0 radical (unpaired) electrons. The summed E-state index contributed by atoms with van der Waals surface area (Å²) in [7, 11) is 0. The van der Waals surface area contributed by atoms with Crippen LogP contribution in [0.2, 0.25) is 0 Å². The van der Waals surface area contributed by atoms with Crippen LogP contribution in [0.15, 0.2) is 30.3 Å². The third-order valence-corrected chi connectivity index (χ3v) is 1.58. The Bertz CT molecular complexity index is 288. The van der Waals surface area contributed by atoms with Crippen molar-refractivity contribution in [3.05, 3.63) is 30.3 Å². The zero-order valence-corrected chi connectivity index (χ0v) is 9.71. The van der Waals surface area contributed by atoms with Crippen molar-refractivity contribution in [1.82, 2.24) is 0 Å². The van der Waals surface area contributed by atoms with Crippen molar-refractivity contribution >= 4 is 24.1 Å². The predicted molar refractivity (Wildman–Crippen MR) is 63.4 cm³/mol. The SMILES string of the molecule is CC(C)OC(=O)CNc1ccccc1.Cl. The average molecular weight is 230 g/mol. The molecule has 1 rings (SSSR count). The summed E-state index contributed by atoms with van der Waals surface area (Å²) >= 11 is 0. The largest absolute Gasteiger partial charge is 0.462 e. The predicted octanol–water partition coefficient (Wildman–Crippen LogP) is 2.47. The van der Waals surface area contributed by atoms with Crippen molar-refractivity contribution < 1.29 is 9.53 Å². The topological polar surface area (TPSA) is 38.3 Å². The number of anilines is 1. The van der Waals surface area contributed by atoms with E-state index in [1.54, 1.807) is 0 Å². The maximum atomic E-state index is 11.1. The van der Waals surface area contributed by atoms with E-state index in [4.69, 9.17) is 4.74 Å². The second-order valence-electron chi connectivity index (χ2n) is 3.26. The van der Waals surface area contributed by atoms with Crippen LogP contribution < -0.4 is 5.32 Å². The third kappa shape index (κ3) is 5.96. The van der Waals surface area contributed by atoms with Gasteiger partial charge in [-0.05, 0) is 26.0 Å². The monoisotopic (exact) mass is 229 g/mol. The molecular formula is C11H16ClNO2. The fraction of sp³-hybridized carbons (Fsp3) is 0.364. The van der Waals surface area contributed by atoms with Gasteiger partial charge in [-0.25, -0.2) is 0 Å². The van der Waals surface area contributed by atoms with Crippen molar-refractivity contribution in [2.45, 2.75) is 20.0 Å². The maximum absolute atomic E-state index is 11.1. The molecule has 0 spiro atoms. The summed E-state index contributed by atoms with van der Waals surface area (Å²) in [6, 6.07) is 9.56. The van der Waals surface area contributed by atoms with Gasteiger partial charge in [0.1, 0.15) is 6.54 Å². The van der Waals surface area contributed by atoms with Gasteiger partial charge in [0.05, 0.1) is 6.10 Å². The molecule has 0 heterocycles. The third-order valence-electron chi connectivity index (χ3n) is 1.58. The van der Waals surface area contributed by atoms with E-state index >= 15 is 0 Å². The Morgan fingerprint density at radius 1 is 1.33 bits per heavy atom. The van der Waals surface area contributed by atoms with Crippen molar-refractivity contribution in [3.8, 4) is 0 Å². The summed E-state index contributed by atoms with van der Waals surface area (Å²) in [6.45, 7) is 3.88. The Morgan fingerprint density at radius 2 is 1.93 bits per heavy atom. The molecule has 0 aliphatic heterocycles. The van der Waals surface area contributed by atoms with Gasteiger partial charge in [-0.15, -0.1) is 12.4 Å². The van der Waals surface area contributed by atoms with Gasteiger partial charge < -0.3 is 10.1 Å². The summed E-state index contributed by atoms with van der Waals surface area (Å²) < 4.78 is 4.97. The van der Waals surface area contributed by atoms with Crippen LogP contribution in [-0.4, -0.2) is 18.6 Å². The number of rotatable bonds is 4. The zero-order chi connectivity index (χ0) is 10.4. The molecule has 4 heteroatoms. The van der Waals surface area contributed by atoms with Gasteiger partial charge in [-0.3, -0.25) is 4.79 Å². The molecule has 0 saturated heterocycles. The zero-order valence-electron chi connectivity index (χ0n) is 8.90. The molecule has 1 N–H and O–H groups in total. The van der Waals surface area contributed by atoms with E-state index < -0.39 is 0 Å². The average Bonchev–Trinajstić information content (AvgIpc) is 2.15. The van der Waals surface area contributed by atoms with Crippen molar-refractivity contribution in [2.75, 3.05) is 11.9 Å². The molecule has 0 unspecified atom stereocenters. The number of hydrogen-bond acceptors (Lipinski definition) is 3. The van der Waals surface area contributed by atoms with Crippen LogP contribution in [0.4, 0.5) is 5.69 Å². The van der Waals surface area contributed by atoms with Gasteiger partial charge in [-0.1, -0.05) is 18.2 Å². The molecule has 0 fully saturated rings. The van der Waals surface area contributed by atoms with E-state index in [1.807, 2.05) is 44.2 Å². The van der Waals surface area contributed by atoms with E-state index in [1.165, 1.54) is 0 Å². The number of esters is 1. The Kier molecular flexibility index (Phi) is 6.54. The van der Waals surface area contributed by atoms with E-state index in [-0.39, 0.29) is 31.0 Å². The number of benzene rings is 1. The first-order chi connectivity index (χ1) is 6.68. The molecule has 0 aliphatic carbocycles. The summed E-state index contributed by atoms with van der Waals surface area (Å²) in [6.07, 6.45) is -0.0555. The lowest BCUT2D eigenvalue weighted by atomic mass is 10.3. The Balaban J connectivity index is 0.00000196. The molecule has 0 aliphatic rings. The summed E-state index contributed by atoms with van der Waals surface area (Å²) in [5.74, 6) is -0.233. The highest BCUT2D eigenvalue weighted by molar-refractivity contribution is 5.85. The second-order valence-corrected chi connectivity index (χ2v) is 3.26. The normalized spacial score (nSPS) is 9.27. The highest BCUT2D eigenvalue weighted by atomic mass is 35.5. The van der Waals surface area contributed by atoms with Gasteiger partial charge in [-0.2, -0.15) is 0 Å². The van der Waals surface area contributed by atoms with Crippen molar-refractivity contribution in [1.29, 1.82) is 0 Å². The Hall–Kier alpha value is -1.22. The first kappa shape index (κ1) is 13.8. The number of carbonyl (C=O) groups excluding carboxylic acids is 1. The Morgan fingerprint density at radius 3 is 2.47 bits per heavy atom. The van der Waals surface area contributed by atoms with Crippen molar-refractivity contribution in [3.63, 3.8) is 0 Å². The molecule has 84 valence electrons. The molecule has 0 amide bonds. The van der Waals surface area contributed by atoms with E-state index in [0.29, 0.717) is 0 Å². The first-order valence-corrected chi connectivity index (χ1v) is 4.67. The van der Waals surface area contributed by atoms with E-state index in [2.05, 4.69) is 5.32 Å². The van der Waals surface area contributed by atoms with Crippen LogP contribution in [0.5, 0.6) is 0 Å². The molecule has 0 aromatic heterocycles. The maximum Gasteiger partial charge on any atom is 0.325 e. The number of ether oxygens (including phenoxy) is 1. The quantitative estimate of drug-likeness (QED) is 0.807. The minimum Gasteiger partial charge on any atom is -0.462 e. The molecule has 0 bridgehead atoms. The highest BCUT2D eigenvalue weighted by Crippen LogP contribution is 2.04. The number of para-hydroxylation sites is 1. The second kappa shape index (κ2) is 7.12. The van der Waals surface area contributed by atoms with Crippen LogP contribution in [0.25, 0.3) is 0 Å². The molecule has 0 atom stereocenters. The van der Waals surface area contributed by atoms with Crippen LogP contribution in [0, 0.1) is 0 Å². The van der Waals surface area contributed by atoms with E-state index in [0.717, 1.165) is 5.69 Å². The summed E-state index contributed by atoms with van der Waals surface area (Å²) in [5, 5.41) is 2.98. The first-order valence-electron chi connectivity index (χ1n) is 4.67. The molecule has 1 aromatic carbocycles. The number of nitrogens with one attached hydrogen (secondary N) is 1. The highest BCUT2D eigenvalue weighted by Gasteiger charge is 2.03. The van der Waals surface area contributed by atoms with Gasteiger partial charge in [0, 0.05) is 5.69 Å². The standard InChI is InChI=1S/C11H15NO2.ClH/c1-9(2)14-11(13)8-12-10-6-4-3-5-7-10;/h3-7,9,12H,8H2,1-2H3;1H. The van der Waals surface area contributed by atoms with Crippen LogP contribution in [-0.2, 0) is 9.53 Å². The molecule has 1 aromatic rings. The van der Waals surface area contributed by atoms with Crippen LogP contribution in [0.1, 0.15) is 13.8 Å². The van der Waals surface area contributed by atoms with Crippen LogP contribution in [0.3, 0.4) is 0 Å². The van der Waals surface area contributed by atoms with Crippen LogP contribution >= 0.6 is 12.4 Å². The fourth-order valence-electron chi connectivity index (χ4n) is 1.03. The molecular weight excluding hydrogens is 214 g/mol. The minimum atomic E-state index is -0.233. The number of halogens is 1. The van der Waals surface area contributed by atoms with E-state index in [9.17, 15) is 4.79 Å². The molecule has 3 nitrogen and oxygen atoms in total. The summed E-state index contributed by atoms with van der Waals surface area (Å²) in [5.41, 5.74) is 0.924. The minimum absolute atomic E-state index is 0. The Labute approximate surface area is 96.2 Å². The van der Waals surface area contributed by atoms with Gasteiger partial charge in [0.2, 0.25) is 0 Å². The molecule has 0 saturated carbocycles. The van der Waals surface area contributed by atoms with Crippen molar-refractivity contribution in [2.24, 2.45) is 0 Å². The smallest absolute Gasteiger partial charge is 0.325 e. The lowest BCUT2D eigenvalue weighted by Gasteiger charge is -2.09. The van der Waals surface area contributed by atoms with Gasteiger partial charge >= 0.3 is 5.97 Å². The fourth-order valence-corrected chi connectivity index (χ4v) is 1.03. The number of hydrogen-bond donors (Lipinski definition) is 1. The lowest BCUT2D eigenvalue weighted by molar-refractivity contribution is -0.145. The van der Waals surface area contributed by atoms with Gasteiger partial charge in [0.15, 0.2) is 0 Å². The molecule has 15 heavy (non-hydrogen) atoms.